The molecule has 1 rings (SSSR count). The Kier molecular flexibility index (Phi) is 3.55. The highest BCUT2D eigenvalue weighted by atomic mass is 32.2. The van der Waals surface area contributed by atoms with E-state index in [9.17, 15) is 8.42 Å². The van der Waals surface area contributed by atoms with Crippen LogP contribution < -0.4 is 5.73 Å². The summed E-state index contributed by atoms with van der Waals surface area (Å²) in [4.78, 5) is 0. The highest BCUT2D eigenvalue weighted by Crippen LogP contribution is 2.26. The molecule has 0 spiro atoms. The highest BCUT2D eigenvalue weighted by Gasteiger charge is 2.39. The van der Waals surface area contributed by atoms with Gasteiger partial charge in [-0.05, 0) is 26.7 Å². The van der Waals surface area contributed by atoms with E-state index >= 15 is 0 Å². The summed E-state index contributed by atoms with van der Waals surface area (Å²) >= 11 is 0. The average molecular weight is 221 g/mol. The molecule has 1 heterocycles. The minimum atomic E-state index is -3.12. The zero-order valence-corrected chi connectivity index (χ0v) is 9.64. The fraction of sp³-hybridized carbons (Fsp3) is 1.00. The molecule has 0 bridgehead atoms. The Bertz CT molecular complexity index is 278. The van der Waals surface area contributed by atoms with Crippen molar-refractivity contribution in [3.8, 4) is 0 Å². The largest absolute Gasteiger partial charge is 0.381 e. The second-order valence-corrected chi connectivity index (χ2v) is 7.18. The second-order valence-electron chi connectivity index (χ2n) is 4.32. The molecule has 1 saturated heterocycles. The van der Waals surface area contributed by atoms with Gasteiger partial charge >= 0.3 is 0 Å². The quantitative estimate of drug-likeness (QED) is 0.745. The van der Waals surface area contributed by atoms with E-state index in [0.29, 0.717) is 26.1 Å². The Labute approximate surface area is 85.7 Å². The van der Waals surface area contributed by atoms with Gasteiger partial charge < -0.3 is 10.5 Å². The lowest BCUT2D eigenvalue weighted by Gasteiger charge is -2.31. The summed E-state index contributed by atoms with van der Waals surface area (Å²) in [6.07, 6.45) is 1.21. The second kappa shape index (κ2) is 4.16. The van der Waals surface area contributed by atoms with Gasteiger partial charge in [-0.15, -0.1) is 0 Å². The van der Waals surface area contributed by atoms with Crippen LogP contribution in [0.15, 0.2) is 0 Å². The third-order valence-electron chi connectivity index (χ3n) is 2.87. The van der Waals surface area contributed by atoms with E-state index in [2.05, 4.69) is 0 Å². The molecular weight excluding hydrogens is 202 g/mol. The van der Waals surface area contributed by atoms with Crippen LogP contribution in [0.25, 0.3) is 0 Å². The van der Waals surface area contributed by atoms with Gasteiger partial charge in [0, 0.05) is 19.8 Å². The summed E-state index contributed by atoms with van der Waals surface area (Å²) in [5, 5.41) is -0.269. The van der Waals surface area contributed by atoms with Gasteiger partial charge in [0.15, 0.2) is 9.84 Å². The maximum atomic E-state index is 12.1. The first kappa shape index (κ1) is 11.9. The first-order chi connectivity index (χ1) is 6.42. The fourth-order valence-electron chi connectivity index (χ4n) is 1.55. The van der Waals surface area contributed by atoms with Crippen molar-refractivity contribution in [1.29, 1.82) is 0 Å². The maximum Gasteiger partial charge on any atom is 0.159 e. The lowest BCUT2D eigenvalue weighted by Crippen LogP contribution is -2.46. The molecule has 2 N–H and O–H groups in total. The fourth-order valence-corrected chi connectivity index (χ4v) is 3.50. The van der Waals surface area contributed by atoms with Crippen LogP contribution in [0, 0.1) is 0 Å². The topological polar surface area (TPSA) is 69.4 Å². The van der Waals surface area contributed by atoms with Gasteiger partial charge in [-0.2, -0.15) is 0 Å². The van der Waals surface area contributed by atoms with Crippen LogP contribution in [0.4, 0.5) is 0 Å². The van der Waals surface area contributed by atoms with E-state index in [0.717, 1.165) is 0 Å². The molecule has 5 heteroatoms. The summed E-state index contributed by atoms with van der Waals surface area (Å²) in [6, 6.07) is 0. The zero-order valence-electron chi connectivity index (χ0n) is 8.82. The van der Waals surface area contributed by atoms with Crippen LogP contribution in [-0.2, 0) is 14.6 Å². The van der Waals surface area contributed by atoms with Gasteiger partial charge in [0.25, 0.3) is 0 Å². The molecule has 1 aliphatic heterocycles. The van der Waals surface area contributed by atoms with E-state index in [-0.39, 0.29) is 11.8 Å². The SMILES string of the molecule is CC(C)(CN)S(=O)(=O)C1CCOCC1. The Hall–Kier alpha value is -0.130. The van der Waals surface area contributed by atoms with E-state index < -0.39 is 14.6 Å². The van der Waals surface area contributed by atoms with Crippen molar-refractivity contribution in [1.82, 2.24) is 0 Å². The molecule has 84 valence electrons. The molecule has 0 aliphatic carbocycles. The van der Waals surface area contributed by atoms with Crippen LogP contribution >= 0.6 is 0 Å². The van der Waals surface area contributed by atoms with Crippen molar-refractivity contribution >= 4 is 9.84 Å². The highest BCUT2D eigenvalue weighted by molar-refractivity contribution is 7.93. The van der Waals surface area contributed by atoms with Crippen molar-refractivity contribution in [3.63, 3.8) is 0 Å². The smallest absolute Gasteiger partial charge is 0.159 e. The first-order valence-corrected chi connectivity index (χ1v) is 6.48. The standard InChI is InChI=1S/C9H19NO3S/c1-9(2,7-10)14(11,12)8-3-5-13-6-4-8/h8H,3-7,10H2,1-2H3. The summed E-state index contributed by atoms with van der Waals surface area (Å²) < 4.78 is 28.5. The van der Waals surface area contributed by atoms with Gasteiger partial charge in [-0.3, -0.25) is 0 Å². The number of hydrogen-bond donors (Lipinski definition) is 1. The third kappa shape index (κ3) is 2.10. The minimum absolute atomic E-state index is 0.173. The van der Waals surface area contributed by atoms with Gasteiger partial charge in [0.1, 0.15) is 0 Å². The molecular formula is C9H19NO3S. The van der Waals surface area contributed by atoms with Crippen molar-refractivity contribution < 1.29 is 13.2 Å². The average Bonchev–Trinajstić information content (AvgIpc) is 2.19. The van der Waals surface area contributed by atoms with E-state index in [1.54, 1.807) is 13.8 Å². The normalized spacial score (nSPS) is 21.1. The van der Waals surface area contributed by atoms with E-state index in [1.807, 2.05) is 0 Å². The van der Waals surface area contributed by atoms with E-state index in [1.165, 1.54) is 0 Å². The lowest BCUT2D eigenvalue weighted by atomic mass is 10.2. The molecule has 0 atom stereocenters. The number of hydrogen-bond acceptors (Lipinski definition) is 4. The third-order valence-corrected chi connectivity index (χ3v) is 5.93. The molecule has 1 aliphatic rings. The Balaban J connectivity index is 2.83. The summed E-state index contributed by atoms with van der Waals surface area (Å²) in [5.41, 5.74) is 5.49. The van der Waals surface area contributed by atoms with Crippen LogP contribution in [0.5, 0.6) is 0 Å². The molecule has 0 aromatic heterocycles. The molecule has 0 saturated carbocycles. The van der Waals surface area contributed by atoms with Gasteiger partial charge in [0.2, 0.25) is 0 Å². The lowest BCUT2D eigenvalue weighted by molar-refractivity contribution is 0.0980. The molecule has 0 aromatic rings. The van der Waals surface area contributed by atoms with Crippen LogP contribution in [0.3, 0.4) is 0 Å². The van der Waals surface area contributed by atoms with Crippen LogP contribution in [-0.4, -0.2) is 38.2 Å². The molecule has 0 amide bonds. The minimum Gasteiger partial charge on any atom is -0.381 e. The van der Waals surface area contributed by atoms with Gasteiger partial charge in [0.05, 0.1) is 10.00 Å². The molecule has 1 fully saturated rings. The first-order valence-electron chi connectivity index (χ1n) is 4.93. The molecule has 14 heavy (non-hydrogen) atoms. The zero-order chi connectivity index (χ0) is 10.8. The molecule has 0 aromatic carbocycles. The van der Waals surface area contributed by atoms with Crippen molar-refractivity contribution in [2.45, 2.75) is 36.7 Å². The summed E-state index contributed by atoms with van der Waals surface area (Å²) in [5.74, 6) is 0. The van der Waals surface area contributed by atoms with Crippen molar-refractivity contribution in [2.75, 3.05) is 19.8 Å². The predicted molar refractivity (Wildman–Crippen MR) is 55.9 cm³/mol. The predicted octanol–water partition coefficient (Wildman–Crippen LogP) is 0.317. The Morgan fingerprint density at radius 3 is 2.29 bits per heavy atom. The van der Waals surface area contributed by atoms with Crippen molar-refractivity contribution in [3.05, 3.63) is 0 Å². The number of ether oxygens (including phenoxy) is 1. The molecule has 0 unspecified atom stereocenters. The maximum absolute atomic E-state index is 12.1. The van der Waals surface area contributed by atoms with E-state index in [4.69, 9.17) is 10.5 Å². The monoisotopic (exact) mass is 221 g/mol. The van der Waals surface area contributed by atoms with Crippen molar-refractivity contribution in [2.24, 2.45) is 5.73 Å². The number of sulfone groups is 1. The van der Waals surface area contributed by atoms with Crippen LogP contribution in [0.1, 0.15) is 26.7 Å². The van der Waals surface area contributed by atoms with Gasteiger partial charge in [-0.1, -0.05) is 0 Å². The Morgan fingerprint density at radius 1 is 1.36 bits per heavy atom. The molecule has 0 radical (unpaired) electrons. The number of rotatable bonds is 3. The molecule has 4 nitrogen and oxygen atoms in total. The van der Waals surface area contributed by atoms with Gasteiger partial charge in [-0.25, -0.2) is 8.42 Å². The summed E-state index contributed by atoms with van der Waals surface area (Å²) in [6.45, 7) is 4.65. The summed E-state index contributed by atoms with van der Waals surface area (Å²) in [7, 11) is -3.12. The Morgan fingerprint density at radius 2 is 1.86 bits per heavy atom. The number of nitrogens with two attached hydrogens (primary N) is 1. The van der Waals surface area contributed by atoms with Crippen LogP contribution in [0.2, 0.25) is 0 Å².